The van der Waals surface area contributed by atoms with E-state index in [1.54, 1.807) is 0 Å². The Kier molecular flexibility index (Phi) is 3.16. The van der Waals surface area contributed by atoms with Gasteiger partial charge in [-0.15, -0.1) is 0 Å². The highest BCUT2D eigenvalue weighted by atomic mass is 16.4. The lowest BCUT2D eigenvalue weighted by Gasteiger charge is -2.29. The van der Waals surface area contributed by atoms with Crippen LogP contribution >= 0.6 is 0 Å². The molecule has 4 rings (SSSR count). The number of oxazole rings is 1. The SMILES string of the molecule is Cc1cc(C)c2oc(NC[C@@H]3C[C@H]4C[C@@H]3[C@H](O)[C@@H]4O)nc2c1. The molecule has 5 nitrogen and oxygen atoms in total. The number of hydrogen-bond donors (Lipinski definition) is 3. The molecule has 2 bridgehead atoms. The molecule has 3 N–H and O–H groups in total. The number of anilines is 1. The average Bonchev–Trinajstić information content (AvgIpc) is 3.12. The Morgan fingerprint density at radius 2 is 2.05 bits per heavy atom. The van der Waals surface area contributed by atoms with Gasteiger partial charge in [-0.2, -0.15) is 4.98 Å². The second-order valence-corrected chi connectivity index (χ2v) is 6.97. The third-order valence-electron chi connectivity index (χ3n) is 5.39. The predicted octanol–water partition coefficient (Wildman–Crippen LogP) is 2.23. The van der Waals surface area contributed by atoms with Crippen LogP contribution in [0.15, 0.2) is 16.5 Å². The number of aryl methyl sites for hydroxylation is 2. The van der Waals surface area contributed by atoms with E-state index in [1.807, 2.05) is 13.0 Å². The fraction of sp³-hybridized carbons (Fsp3) is 0.588. The van der Waals surface area contributed by atoms with Gasteiger partial charge in [-0.3, -0.25) is 0 Å². The van der Waals surface area contributed by atoms with Crippen molar-refractivity contribution >= 4 is 17.1 Å². The van der Waals surface area contributed by atoms with E-state index in [9.17, 15) is 10.2 Å². The minimum Gasteiger partial charge on any atom is -0.423 e. The van der Waals surface area contributed by atoms with Gasteiger partial charge < -0.3 is 19.9 Å². The fourth-order valence-electron chi connectivity index (χ4n) is 4.34. The van der Waals surface area contributed by atoms with Gasteiger partial charge >= 0.3 is 0 Å². The van der Waals surface area contributed by atoms with Crippen LogP contribution in [0.25, 0.3) is 11.1 Å². The van der Waals surface area contributed by atoms with E-state index in [4.69, 9.17) is 4.42 Å². The largest absolute Gasteiger partial charge is 0.423 e. The maximum Gasteiger partial charge on any atom is 0.295 e. The number of benzene rings is 1. The van der Waals surface area contributed by atoms with Crippen molar-refractivity contribution in [2.24, 2.45) is 17.8 Å². The highest BCUT2D eigenvalue weighted by molar-refractivity contribution is 5.78. The van der Waals surface area contributed by atoms with Crippen LogP contribution in [0.3, 0.4) is 0 Å². The minimum atomic E-state index is -0.570. The average molecular weight is 302 g/mol. The van der Waals surface area contributed by atoms with Crippen molar-refractivity contribution in [3.8, 4) is 0 Å². The van der Waals surface area contributed by atoms with E-state index >= 15 is 0 Å². The van der Waals surface area contributed by atoms with Crippen LogP contribution in [0.4, 0.5) is 6.01 Å². The Labute approximate surface area is 129 Å². The van der Waals surface area contributed by atoms with Gasteiger partial charge in [-0.05, 0) is 61.6 Å². The molecule has 22 heavy (non-hydrogen) atoms. The topological polar surface area (TPSA) is 78.5 Å². The van der Waals surface area contributed by atoms with Crippen molar-refractivity contribution in [1.29, 1.82) is 0 Å². The summed E-state index contributed by atoms with van der Waals surface area (Å²) in [6.45, 7) is 4.81. The molecule has 2 aliphatic carbocycles. The minimum absolute atomic E-state index is 0.195. The van der Waals surface area contributed by atoms with Gasteiger partial charge in [0.25, 0.3) is 6.01 Å². The number of aliphatic hydroxyl groups is 2. The van der Waals surface area contributed by atoms with Gasteiger partial charge in [0.2, 0.25) is 0 Å². The summed E-state index contributed by atoms with van der Waals surface area (Å²) in [6.07, 6.45) is 0.796. The zero-order valence-corrected chi connectivity index (χ0v) is 12.9. The predicted molar refractivity (Wildman–Crippen MR) is 83.7 cm³/mol. The summed E-state index contributed by atoms with van der Waals surface area (Å²) in [6, 6.07) is 4.65. The van der Waals surface area contributed by atoms with E-state index in [0.29, 0.717) is 11.9 Å². The number of aromatic nitrogens is 1. The molecule has 0 amide bonds. The van der Waals surface area contributed by atoms with Crippen molar-refractivity contribution in [2.75, 3.05) is 11.9 Å². The molecular formula is C17H22N2O3. The molecular weight excluding hydrogens is 280 g/mol. The number of nitrogens with zero attached hydrogens (tertiary/aromatic N) is 1. The van der Waals surface area contributed by atoms with Crippen molar-refractivity contribution in [1.82, 2.24) is 4.98 Å². The lowest BCUT2D eigenvalue weighted by molar-refractivity contribution is -0.0317. The van der Waals surface area contributed by atoms with Crippen molar-refractivity contribution in [3.05, 3.63) is 23.3 Å². The molecule has 0 unspecified atom stereocenters. The highest BCUT2D eigenvalue weighted by Gasteiger charge is 2.51. The number of aliphatic hydroxyl groups excluding tert-OH is 2. The first-order valence-electron chi connectivity index (χ1n) is 8.00. The van der Waals surface area contributed by atoms with Gasteiger partial charge in [0.1, 0.15) is 5.52 Å². The summed E-state index contributed by atoms with van der Waals surface area (Å²) < 4.78 is 5.81. The Balaban J connectivity index is 1.48. The molecule has 1 aromatic heterocycles. The van der Waals surface area contributed by atoms with Gasteiger partial charge in [0.15, 0.2) is 5.58 Å². The van der Waals surface area contributed by atoms with Gasteiger partial charge in [0.05, 0.1) is 12.2 Å². The molecule has 5 atom stereocenters. The lowest BCUT2D eigenvalue weighted by atomic mass is 9.85. The van der Waals surface area contributed by atoms with Gasteiger partial charge in [0, 0.05) is 6.54 Å². The molecule has 2 aromatic rings. The van der Waals surface area contributed by atoms with Crippen LogP contribution in [0.1, 0.15) is 24.0 Å². The summed E-state index contributed by atoms with van der Waals surface area (Å²) in [5.41, 5.74) is 3.98. The first kappa shape index (κ1) is 14.0. The molecule has 0 saturated heterocycles. The smallest absolute Gasteiger partial charge is 0.295 e. The number of hydrogen-bond acceptors (Lipinski definition) is 5. The molecule has 1 heterocycles. The number of rotatable bonds is 3. The molecule has 5 heteroatoms. The quantitative estimate of drug-likeness (QED) is 0.810. The first-order chi connectivity index (χ1) is 10.5. The molecule has 2 saturated carbocycles. The second-order valence-electron chi connectivity index (χ2n) is 6.97. The van der Waals surface area contributed by atoms with E-state index in [0.717, 1.165) is 36.0 Å². The molecule has 0 aliphatic heterocycles. The van der Waals surface area contributed by atoms with Crippen LogP contribution in [-0.4, -0.2) is 33.9 Å². The number of fused-ring (bicyclic) bond motifs is 3. The van der Waals surface area contributed by atoms with E-state index in [2.05, 4.69) is 23.3 Å². The normalized spacial score (nSPS) is 33.7. The Bertz CT molecular complexity index is 709. The molecule has 0 radical (unpaired) electrons. The summed E-state index contributed by atoms with van der Waals surface area (Å²) in [5.74, 6) is 0.822. The maximum absolute atomic E-state index is 10.0. The van der Waals surface area contributed by atoms with Crippen LogP contribution in [0, 0.1) is 31.6 Å². The van der Waals surface area contributed by atoms with Crippen molar-refractivity contribution < 1.29 is 14.6 Å². The Morgan fingerprint density at radius 3 is 2.77 bits per heavy atom. The van der Waals surface area contributed by atoms with Gasteiger partial charge in [-0.25, -0.2) is 0 Å². The highest BCUT2D eigenvalue weighted by Crippen LogP contribution is 2.48. The summed E-state index contributed by atoms with van der Waals surface area (Å²) >= 11 is 0. The monoisotopic (exact) mass is 302 g/mol. The molecule has 118 valence electrons. The molecule has 2 aliphatic rings. The van der Waals surface area contributed by atoms with Crippen LogP contribution in [0.5, 0.6) is 0 Å². The molecule has 2 fully saturated rings. The fourth-order valence-corrected chi connectivity index (χ4v) is 4.34. The molecule has 0 spiro atoms. The maximum atomic E-state index is 10.0. The summed E-state index contributed by atoms with van der Waals surface area (Å²) in [4.78, 5) is 4.50. The second kappa shape index (κ2) is 4.96. The zero-order chi connectivity index (χ0) is 15.4. The van der Waals surface area contributed by atoms with Crippen molar-refractivity contribution in [2.45, 2.75) is 38.9 Å². The Morgan fingerprint density at radius 1 is 1.23 bits per heavy atom. The van der Waals surface area contributed by atoms with Crippen molar-refractivity contribution in [3.63, 3.8) is 0 Å². The standard InChI is InChI=1S/C17H22N2O3/c1-8-3-9(2)16-13(4-8)19-17(22-16)18-7-11-5-10-6-12(11)15(21)14(10)20/h3-4,10-12,14-15,20-21H,5-7H2,1-2H3,(H,18,19)/t10-,11-,12-,14+,15-/m0/s1. The number of nitrogens with one attached hydrogen (secondary N) is 1. The van der Waals surface area contributed by atoms with Crippen LogP contribution in [-0.2, 0) is 0 Å². The van der Waals surface area contributed by atoms with Gasteiger partial charge in [-0.1, -0.05) is 6.07 Å². The van der Waals surface area contributed by atoms with E-state index in [1.165, 1.54) is 5.56 Å². The first-order valence-corrected chi connectivity index (χ1v) is 8.00. The summed E-state index contributed by atoms with van der Waals surface area (Å²) in [5, 5.41) is 23.1. The Hall–Kier alpha value is -1.59. The third-order valence-corrected chi connectivity index (χ3v) is 5.39. The lowest BCUT2D eigenvalue weighted by Crippen LogP contribution is -2.38. The van der Waals surface area contributed by atoms with Crippen LogP contribution < -0.4 is 5.32 Å². The van der Waals surface area contributed by atoms with E-state index in [-0.39, 0.29) is 11.8 Å². The van der Waals surface area contributed by atoms with E-state index < -0.39 is 12.2 Å². The summed E-state index contributed by atoms with van der Waals surface area (Å²) in [7, 11) is 0. The third kappa shape index (κ3) is 2.11. The zero-order valence-electron chi connectivity index (χ0n) is 12.9. The van der Waals surface area contributed by atoms with Crippen LogP contribution in [0.2, 0.25) is 0 Å². The molecule has 1 aromatic carbocycles.